The molecule has 7 heteroatoms. The molecule has 2 N–H and O–H groups in total. The molecule has 0 saturated heterocycles. The second-order valence-corrected chi connectivity index (χ2v) is 4.92. The molecule has 0 bridgehead atoms. The van der Waals surface area contributed by atoms with E-state index in [0.29, 0.717) is 19.4 Å². The summed E-state index contributed by atoms with van der Waals surface area (Å²) in [5, 5.41) is 11.8. The fraction of sp³-hybridized carbons (Fsp3) is 0.417. The van der Waals surface area contributed by atoms with Gasteiger partial charge in [-0.2, -0.15) is 0 Å². The lowest BCUT2D eigenvalue weighted by Crippen LogP contribution is -2.25. The Morgan fingerprint density at radius 1 is 1.47 bits per heavy atom. The molecule has 104 valence electrons. The van der Waals surface area contributed by atoms with Crippen LogP contribution in [0.2, 0.25) is 10.2 Å². The summed E-state index contributed by atoms with van der Waals surface area (Å²) in [7, 11) is 0. The van der Waals surface area contributed by atoms with E-state index in [4.69, 9.17) is 28.3 Å². The van der Waals surface area contributed by atoms with Crippen molar-refractivity contribution in [2.45, 2.75) is 19.8 Å². The van der Waals surface area contributed by atoms with E-state index in [2.05, 4.69) is 10.3 Å². The molecule has 1 rings (SSSR count). The Kier molecular flexibility index (Phi) is 6.05. The molecule has 0 aliphatic rings. The highest BCUT2D eigenvalue weighted by Gasteiger charge is 2.13. The molecule has 1 aromatic rings. The van der Waals surface area contributed by atoms with Gasteiger partial charge in [-0.3, -0.25) is 9.59 Å². The highest BCUT2D eigenvalue weighted by Crippen LogP contribution is 2.17. The number of aliphatic carboxylic acids is 1. The number of carboxylic acid groups (broad SMARTS) is 1. The van der Waals surface area contributed by atoms with Gasteiger partial charge in [0.25, 0.3) is 5.91 Å². The Morgan fingerprint density at radius 2 is 2.16 bits per heavy atom. The Labute approximate surface area is 120 Å². The van der Waals surface area contributed by atoms with Crippen molar-refractivity contribution in [1.82, 2.24) is 10.3 Å². The quantitative estimate of drug-likeness (QED) is 0.625. The van der Waals surface area contributed by atoms with Crippen LogP contribution in [0.1, 0.15) is 30.1 Å². The minimum absolute atomic E-state index is 0.189. The molecular formula is C12H14Cl2N2O3. The van der Waals surface area contributed by atoms with Gasteiger partial charge in [0, 0.05) is 12.7 Å². The zero-order valence-electron chi connectivity index (χ0n) is 10.3. The van der Waals surface area contributed by atoms with Crippen LogP contribution in [0.15, 0.2) is 12.3 Å². The summed E-state index contributed by atoms with van der Waals surface area (Å²) in [5.74, 6) is -1.61. The number of carboxylic acids is 1. The summed E-state index contributed by atoms with van der Waals surface area (Å²) >= 11 is 11.5. The van der Waals surface area contributed by atoms with Crippen molar-refractivity contribution in [3.63, 3.8) is 0 Å². The first kappa shape index (κ1) is 15.7. The minimum atomic E-state index is -0.838. The number of halogens is 2. The summed E-state index contributed by atoms with van der Waals surface area (Å²) in [6, 6.07) is 1.39. The van der Waals surface area contributed by atoms with Gasteiger partial charge in [-0.25, -0.2) is 4.98 Å². The predicted octanol–water partition coefficient (Wildman–Crippen LogP) is 2.62. The molecule has 0 saturated carbocycles. The van der Waals surface area contributed by atoms with Crippen molar-refractivity contribution in [1.29, 1.82) is 0 Å². The summed E-state index contributed by atoms with van der Waals surface area (Å²) in [6.07, 6.45) is 2.39. The summed E-state index contributed by atoms with van der Waals surface area (Å²) in [6.45, 7) is 2.01. The number of pyridine rings is 1. The molecule has 1 unspecified atom stereocenters. The van der Waals surface area contributed by atoms with E-state index in [0.717, 1.165) is 0 Å². The maximum absolute atomic E-state index is 11.8. The molecule has 19 heavy (non-hydrogen) atoms. The SMILES string of the molecule is CC(CCCNC(=O)c1cc(Cl)ncc1Cl)C(=O)O. The van der Waals surface area contributed by atoms with Crippen molar-refractivity contribution < 1.29 is 14.7 Å². The van der Waals surface area contributed by atoms with E-state index in [1.54, 1.807) is 6.92 Å². The molecule has 0 radical (unpaired) electrons. The van der Waals surface area contributed by atoms with Crippen LogP contribution >= 0.6 is 23.2 Å². The highest BCUT2D eigenvalue weighted by atomic mass is 35.5. The minimum Gasteiger partial charge on any atom is -0.481 e. The fourth-order valence-corrected chi connectivity index (χ4v) is 1.76. The Morgan fingerprint density at radius 3 is 2.79 bits per heavy atom. The van der Waals surface area contributed by atoms with E-state index >= 15 is 0 Å². The lowest BCUT2D eigenvalue weighted by atomic mass is 10.1. The van der Waals surface area contributed by atoms with E-state index in [9.17, 15) is 9.59 Å². The van der Waals surface area contributed by atoms with Gasteiger partial charge in [-0.05, 0) is 18.9 Å². The molecule has 1 atom stereocenters. The number of hydrogen-bond acceptors (Lipinski definition) is 3. The first-order chi connectivity index (χ1) is 8.91. The fourth-order valence-electron chi connectivity index (χ4n) is 1.42. The molecule has 0 aliphatic heterocycles. The van der Waals surface area contributed by atoms with Gasteiger partial charge < -0.3 is 10.4 Å². The van der Waals surface area contributed by atoms with Gasteiger partial charge >= 0.3 is 5.97 Å². The number of hydrogen-bond donors (Lipinski definition) is 2. The number of nitrogens with zero attached hydrogens (tertiary/aromatic N) is 1. The number of nitrogens with one attached hydrogen (secondary N) is 1. The van der Waals surface area contributed by atoms with Gasteiger partial charge in [0.2, 0.25) is 0 Å². The lowest BCUT2D eigenvalue weighted by Gasteiger charge is -2.08. The van der Waals surface area contributed by atoms with Gasteiger partial charge in [0.15, 0.2) is 0 Å². The van der Waals surface area contributed by atoms with Crippen LogP contribution in [-0.2, 0) is 4.79 Å². The third-order valence-electron chi connectivity index (χ3n) is 2.59. The number of carbonyl (C=O) groups excluding carboxylic acids is 1. The van der Waals surface area contributed by atoms with E-state index < -0.39 is 11.9 Å². The molecule has 0 aliphatic carbocycles. The van der Waals surface area contributed by atoms with Crippen LogP contribution < -0.4 is 5.32 Å². The van der Waals surface area contributed by atoms with Gasteiger partial charge in [-0.15, -0.1) is 0 Å². The molecule has 1 aromatic heterocycles. The Bertz CT molecular complexity index is 480. The molecule has 1 heterocycles. The molecular weight excluding hydrogens is 291 g/mol. The monoisotopic (exact) mass is 304 g/mol. The van der Waals surface area contributed by atoms with Gasteiger partial charge in [0.1, 0.15) is 5.15 Å². The Balaban J connectivity index is 2.43. The maximum atomic E-state index is 11.8. The van der Waals surface area contributed by atoms with Crippen LogP contribution in [0.4, 0.5) is 0 Å². The normalized spacial score (nSPS) is 11.9. The molecule has 0 spiro atoms. The van der Waals surface area contributed by atoms with Crippen LogP contribution in [0.25, 0.3) is 0 Å². The van der Waals surface area contributed by atoms with Crippen molar-refractivity contribution >= 4 is 35.1 Å². The zero-order valence-corrected chi connectivity index (χ0v) is 11.8. The number of carbonyl (C=O) groups is 2. The first-order valence-electron chi connectivity index (χ1n) is 5.74. The molecule has 5 nitrogen and oxygen atoms in total. The van der Waals surface area contributed by atoms with E-state index in [1.165, 1.54) is 12.3 Å². The third-order valence-corrected chi connectivity index (χ3v) is 3.10. The molecule has 1 amide bonds. The number of rotatable bonds is 6. The largest absolute Gasteiger partial charge is 0.481 e. The predicted molar refractivity (Wildman–Crippen MR) is 72.6 cm³/mol. The summed E-state index contributed by atoms with van der Waals surface area (Å²) in [4.78, 5) is 26.2. The van der Waals surface area contributed by atoms with Gasteiger partial charge in [0.05, 0.1) is 16.5 Å². The average Bonchev–Trinajstić information content (AvgIpc) is 2.36. The average molecular weight is 305 g/mol. The van der Waals surface area contributed by atoms with Crippen molar-refractivity contribution in [2.75, 3.05) is 6.54 Å². The third kappa shape index (κ3) is 5.04. The second-order valence-electron chi connectivity index (χ2n) is 4.12. The topological polar surface area (TPSA) is 79.3 Å². The van der Waals surface area contributed by atoms with E-state index in [-0.39, 0.29) is 21.6 Å². The standard InChI is InChI=1S/C12H14Cl2N2O3/c1-7(12(18)19)3-2-4-15-11(17)8-5-10(14)16-6-9(8)13/h5-7H,2-4H2,1H3,(H,15,17)(H,18,19). The zero-order chi connectivity index (χ0) is 14.4. The number of amides is 1. The smallest absolute Gasteiger partial charge is 0.306 e. The van der Waals surface area contributed by atoms with Crippen molar-refractivity contribution in [2.24, 2.45) is 5.92 Å². The van der Waals surface area contributed by atoms with Crippen molar-refractivity contribution in [3.05, 3.63) is 28.0 Å². The highest BCUT2D eigenvalue weighted by molar-refractivity contribution is 6.35. The number of aromatic nitrogens is 1. The van der Waals surface area contributed by atoms with Crippen LogP contribution in [-0.4, -0.2) is 28.5 Å². The van der Waals surface area contributed by atoms with E-state index in [1.807, 2.05) is 0 Å². The van der Waals surface area contributed by atoms with Crippen LogP contribution in [0.3, 0.4) is 0 Å². The summed E-state index contributed by atoms with van der Waals surface area (Å²) < 4.78 is 0. The lowest BCUT2D eigenvalue weighted by molar-refractivity contribution is -0.141. The maximum Gasteiger partial charge on any atom is 0.306 e. The van der Waals surface area contributed by atoms with Crippen LogP contribution in [0.5, 0.6) is 0 Å². The molecule has 0 fully saturated rings. The van der Waals surface area contributed by atoms with Crippen LogP contribution in [0, 0.1) is 5.92 Å². The summed E-state index contributed by atoms with van der Waals surface area (Å²) in [5.41, 5.74) is 0.257. The molecule has 0 aromatic carbocycles. The Hall–Kier alpha value is -1.33. The first-order valence-corrected chi connectivity index (χ1v) is 6.49. The van der Waals surface area contributed by atoms with Gasteiger partial charge in [-0.1, -0.05) is 30.1 Å². The van der Waals surface area contributed by atoms with Crippen molar-refractivity contribution in [3.8, 4) is 0 Å². The second kappa shape index (κ2) is 7.31.